The Morgan fingerprint density at radius 3 is 2.06 bits per heavy atom. The molecule has 17 heavy (non-hydrogen) atoms. The van der Waals surface area contributed by atoms with Crippen LogP contribution in [0.4, 0.5) is 5.69 Å². The minimum atomic E-state index is 0.245. The first-order chi connectivity index (χ1) is 7.95. The van der Waals surface area contributed by atoms with E-state index in [0.717, 1.165) is 6.54 Å². The Balaban J connectivity index is 2.75. The molecule has 0 fully saturated rings. The molecule has 0 amide bonds. The molecule has 0 aromatic heterocycles. The van der Waals surface area contributed by atoms with Crippen LogP contribution in [0, 0.1) is 32.6 Å². The molecule has 1 atom stereocenters. The van der Waals surface area contributed by atoms with Crippen molar-refractivity contribution in [3.05, 3.63) is 28.8 Å². The molecule has 2 N–H and O–H groups in total. The second-order valence-electron chi connectivity index (χ2n) is 5.34. The zero-order valence-electron chi connectivity index (χ0n) is 11.7. The monoisotopic (exact) mass is 235 g/mol. The second-order valence-corrected chi connectivity index (χ2v) is 5.34. The number of anilines is 1. The summed E-state index contributed by atoms with van der Waals surface area (Å²) in [4.78, 5) is 0. The Kier molecular flexibility index (Phi) is 5.01. The van der Waals surface area contributed by atoms with Crippen LogP contribution in [0.1, 0.15) is 30.5 Å². The van der Waals surface area contributed by atoms with Crippen molar-refractivity contribution in [1.82, 2.24) is 0 Å². The third-order valence-corrected chi connectivity index (χ3v) is 3.40. The van der Waals surface area contributed by atoms with Crippen LogP contribution >= 0.6 is 0 Å². The van der Waals surface area contributed by atoms with Gasteiger partial charge in [0.1, 0.15) is 0 Å². The van der Waals surface area contributed by atoms with Gasteiger partial charge in [0, 0.05) is 24.8 Å². The quantitative estimate of drug-likeness (QED) is 0.821. The minimum Gasteiger partial charge on any atom is -0.396 e. The molecule has 0 radical (unpaired) electrons. The van der Waals surface area contributed by atoms with Gasteiger partial charge in [0.2, 0.25) is 0 Å². The predicted octanol–water partition coefficient (Wildman–Crippen LogP) is 3.29. The molecule has 1 aromatic carbocycles. The van der Waals surface area contributed by atoms with Crippen molar-refractivity contribution < 1.29 is 5.11 Å². The summed E-state index contributed by atoms with van der Waals surface area (Å²) in [6.45, 7) is 11.8. The lowest BCUT2D eigenvalue weighted by Gasteiger charge is -2.21. The average Bonchev–Trinajstić information content (AvgIpc) is 2.21. The van der Waals surface area contributed by atoms with Gasteiger partial charge in [-0.2, -0.15) is 0 Å². The largest absolute Gasteiger partial charge is 0.396 e. The minimum absolute atomic E-state index is 0.245. The molecular weight excluding hydrogens is 210 g/mol. The molecule has 2 nitrogen and oxygen atoms in total. The van der Waals surface area contributed by atoms with Gasteiger partial charge in [0.25, 0.3) is 0 Å². The molecule has 0 aliphatic rings. The third kappa shape index (κ3) is 3.74. The third-order valence-electron chi connectivity index (χ3n) is 3.40. The fourth-order valence-electron chi connectivity index (χ4n) is 2.20. The Bertz CT molecular complexity index is 348. The highest BCUT2D eigenvalue weighted by molar-refractivity contribution is 5.58. The fraction of sp³-hybridized carbons (Fsp3) is 0.600. The predicted molar refractivity (Wildman–Crippen MR) is 74.6 cm³/mol. The van der Waals surface area contributed by atoms with Crippen LogP contribution in [-0.2, 0) is 0 Å². The van der Waals surface area contributed by atoms with Gasteiger partial charge in [-0.05, 0) is 37.8 Å². The van der Waals surface area contributed by atoms with Crippen LogP contribution in [-0.4, -0.2) is 18.3 Å². The maximum absolute atomic E-state index is 9.32. The van der Waals surface area contributed by atoms with Crippen molar-refractivity contribution in [1.29, 1.82) is 0 Å². The summed E-state index contributed by atoms with van der Waals surface area (Å²) >= 11 is 0. The highest BCUT2D eigenvalue weighted by Crippen LogP contribution is 2.23. The van der Waals surface area contributed by atoms with Crippen LogP contribution in [0.2, 0.25) is 0 Å². The Labute approximate surface area is 105 Å². The number of aryl methyl sites for hydroxylation is 3. The number of benzene rings is 1. The van der Waals surface area contributed by atoms with E-state index in [4.69, 9.17) is 0 Å². The van der Waals surface area contributed by atoms with E-state index in [-0.39, 0.29) is 6.61 Å². The molecular formula is C15H25NO. The van der Waals surface area contributed by atoms with Crippen molar-refractivity contribution in [2.75, 3.05) is 18.5 Å². The number of aliphatic hydroxyl groups excluding tert-OH is 1. The summed E-state index contributed by atoms with van der Waals surface area (Å²) in [6.07, 6.45) is 0. The maximum Gasteiger partial charge on any atom is 0.0478 e. The van der Waals surface area contributed by atoms with Crippen molar-refractivity contribution in [3.63, 3.8) is 0 Å². The fourth-order valence-corrected chi connectivity index (χ4v) is 2.20. The van der Waals surface area contributed by atoms with Crippen LogP contribution < -0.4 is 5.32 Å². The summed E-state index contributed by atoms with van der Waals surface area (Å²) in [5.41, 5.74) is 5.08. The molecule has 0 heterocycles. The molecule has 1 aromatic rings. The van der Waals surface area contributed by atoms with E-state index in [2.05, 4.69) is 52.1 Å². The summed E-state index contributed by atoms with van der Waals surface area (Å²) < 4.78 is 0. The normalized spacial score (nSPS) is 12.9. The van der Waals surface area contributed by atoms with Gasteiger partial charge in [-0.3, -0.25) is 0 Å². The van der Waals surface area contributed by atoms with Crippen molar-refractivity contribution in [3.8, 4) is 0 Å². The van der Waals surface area contributed by atoms with Crippen molar-refractivity contribution in [2.45, 2.75) is 34.6 Å². The first-order valence-corrected chi connectivity index (χ1v) is 6.38. The van der Waals surface area contributed by atoms with Gasteiger partial charge in [-0.1, -0.05) is 31.5 Å². The van der Waals surface area contributed by atoms with Gasteiger partial charge < -0.3 is 10.4 Å². The molecule has 0 spiro atoms. The zero-order chi connectivity index (χ0) is 13.0. The van der Waals surface area contributed by atoms with Gasteiger partial charge in [-0.15, -0.1) is 0 Å². The van der Waals surface area contributed by atoms with Crippen LogP contribution in [0.5, 0.6) is 0 Å². The van der Waals surface area contributed by atoms with E-state index in [1.54, 1.807) is 0 Å². The van der Waals surface area contributed by atoms with Gasteiger partial charge in [0.15, 0.2) is 0 Å². The van der Waals surface area contributed by atoms with Gasteiger partial charge >= 0.3 is 0 Å². The van der Waals surface area contributed by atoms with E-state index in [9.17, 15) is 5.11 Å². The summed E-state index contributed by atoms with van der Waals surface area (Å²) in [7, 11) is 0. The standard InChI is InChI=1S/C15H25NO/c1-10(2)14(9-17)8-16-15-12(4)6-11(3)7-13(15)5/h6-7,10,14,16-17H,8-9H2,1-5H3. The average molecular weight is 235 g/mol. The summed E-state index contributed by atoms with van der Waals surface area (Å²) in [5.74, 6) is 0.814. The van der Waals surface area contributed by atoms with Crippen molar-refractivity contribution >= 4 is 5.69 Å². The lowest BCUT2D eigenvalue weighted by molar-refractivity contribution is 0.198. The number of hydrogen-bond acceptors (Lipinski definition) is 2. The van der Waals surface area contributed by atoms with Gasteiger partial charge in [0.05, 0.1) is 0 Å². The van der Waals surface area contributed by atoms with E-state index < -0.39 is 0 Å². The molecule has 0 saturated carbocycles. The summed E-state index contributed by atoms with van der Waals surface area (Å²) in [6, 6.07) is 4.39. The van der Waals surface area contributed by atoms with E-state index >= 15 is 0 Å². The van der Waals surface area contributed by atoms with Crippen LogP contribution in [0.3, 0.4) is 0 Å². The SMILES string of the molecule is Cc1cc(C)c(NCC(CO)C(C)C)c(C)c1. The van der Waals surface area contributed by atoms with E-state index in [0.29, 0.717) is 11.8 Å². The molecule has 96 valence electrons. The number of hydrogen-bond donors (Lipinski definition) is 2. The topological polar surface area (TPSA) is 32.3 Å². The van der Waals surface area contributed by atoms with Crippen LogP contribution in [0.15, 0.2) is 12.1 Å². The number of nitrogens with one attached hydrogen (secondary N) is 1. The second kappa shape index (κ2) is 6.06. The highest BCUT2D eigenvalue weighted by Gasteiger charge is 2.13. The first-order valence-electron chi connectivity index (χ1n) is 6.38. The molecule has 0 bridgehead atoms. The van der Waals surface area contributed by atoms with Gasteiger partial charge in [-0.25, -0.2) is 0 Å². The molecule has 0 aliphatic heterocycles. The maximum atomic E-state index is 9.32. The molecule has 0 aliphatic carbocycles. The van der Waals surface area contributed by atoms with E-state index in [1.807, 2.05) is 0 Å². The Morgan fingerprint density at radius 1 is 1.12 bits per heavy atom. The lowest BCUT2D eigenvalue weighted by Crippen LogP contribution is -2.23. The number of aliphatic hydroxyl groups is 1. The molecule has 1 unspecified atom stereocenters. The lowest BCUT2D eigenvalue weighted by atomic mass is 9.96. The Hall–Kier alpha value is -1.02. The summed E-state index contributed by atoms with van der Waals surface area (Å²) in [5, 5.41) is 12.8. The zero-order valence-corrected chi connectivity index (χ0v) is 11.7. The molecule has 1 rings (SSSR count). The van der Waals surface area contributed by atoms with Crippen molar-refractivity contribution in [2.24, 2.45) is 11.8 Å². The van der Waals surface area contributed by atoms with E-state index in [1.165, 1.54) is 22.4 Å². The first kappa shape index (κ1) is 14.0. The highest BCUT2D eigenvalue weighted by atomic mass is 16.3. The van der Waals surface area contributed by atoms with Crippen LogP contribution in [0.25, 0.3) is 0 Å². The number of rotatable bonds is 5. The smallest absolute Gasteiger partial charge is 0.0478 e. The molecule has 2 heteroatoms. The molecule has 0 saturated heterocycles. The Morgan fingerprint density at radius 2 is 1.65 bits per heavy atom.